The Balaban J connectivity index is 1.68. The van der Waals surface area contributed by atoms with Crippen LogP contribution in [0.15, 0.2) is 24.3 Å². The van der Waals surface area contributed by atoms with Crippen LogP contribution in [0.5, 0.6) is 0 Å². The summed E-state index contributed by atoms with van der Waals surface area (Å²) in [5.74, 6) is 0.878. The molecule has 2 rings (SSSR count). The van der Waals surface area contributed by atoms with Crippen molar-refractivity contribution in [3.63, 3.8) is 0 Å². The molecule has 1 aromatic carbocycles. The average molecular weight is 299 g/mol. The fraction of sp³-hybridized carbons (Fsp3) is 0.556. The Hall–Kier alpha value is -2.02. The molecule has 1 aromatic rings. The molecular weight excluding hydrogens is 274 g/mol. The van der Waals surface area contributed by atoms with Crippen molar-refractivity contribution in [3.8, 4) is 6.07 Å². The van der Waals surface area contributed by atoms with E-state index in [1.165, 1.54) is 32.1 Å². The van der Waals surface area contributed by atoms with E-state index in [9.17, 15) is 4.79 Å². The van der Waals surface area contributed by atoms with Gasteiger partial charge in [-0.1, -0.05) is 37.8 Å². The zero-order valence-electron chi connectivity index (χ0n) is 13.3. The largest absolute Gasteiger partial charge is 0.338 e. The number of hydrogen-bond acceptors (Lipinski definition) is 2. The predicted molar refractivity (Wildman–Crippen MR) is 87.2 cm³/mol. The van der Waals surface area contributed by atoms with Crippen LogP contribution in [0.25, 0.3) is 0 Å². The van der Waals surface area contributed by atoms with E-state index < -0.39 is 0 Å². The number of carbonyl (C=O) groups is 1. The highest BCUT2D eigenvalue weighted by Gasteiger charge is 2.14. The molecule has 2 amide bonds. The molecule has 0 atom stereocenters. The maximum atomic E-state index is 12.0. The van der Waals surface area contributed by atoms with Gasteiger partial charge >= 0.3 is 6.03 Å². The molecule has 0 aromatic heterocycles. The highest BCUT2D eigenvalue weighted by molar-refractivity contribution is 5.73. The number of nitrogens with zero attached hydrogens (tertiary/aromatic N) is 2. The summed E-state index contributed by atoms with van der Waals surface area (Å²) >= 11 is 0. The summed E-state index contributed by atoms with van der Waals surface area (Å²) in [6.07, 6.45) is 7.78. The van der Waals surface area contributed by atoms with Gasteiger partial charge in [0.2, 0.25) is 0 Å². The molecule has 1 fully saturated rings. The van der Waals surface area contributed by atoms with Gasteiger partial charge in [0.15, 0.2) is 0 Å². The first-order valence-corrected chi connectivity index (χ1v) is 8.17. The lowest BCUT2D eigenvalue weighted by atomic mass is 10.0. The van der Waals surface area contributed by atoms with Crippen LogP contribution in [0.3, 0.4) is 0 Å². The van der Waals surface area contributed by atoms with Gasteiger partial charge in [0.1, 0.15) is 0 Å². The second-order valence-electron chi connectivity index (χ2n) is 6.19. The Bertz CT molecular complexity index is 529. The number of amides is 2. The third-order valence-electron chi connectivity index (χ3n) is 4.36. The van der Waals surface area contributed by atoms with Crippen molar-refractivity contribution in [2.24, 2.45) is 5.92 Å². The number of urea groups is 1. The average Bonchev–Trinajstić information content (AvgIpc) is 3.04. The number of rotatable bonds is 6. The number of hydrogen-bond donors (Lipinski definition) is 1. The van der Waals surface area contributed by atoms with Crippen molar-refractivity contribution in [3.05, 3.63) is 35.4 Å². The van der Waals surface area contributed by atoms with Gasteiger partial charge in [0.05, 0.1) is 11.6 Å². The minimum atomic E-state index is -0.0474. The summed E-state index contributed by atoms with van der Waals surface area (Å²) in [5.41, 5.74) is 1.60. The van der Waals surface area contributed by atoms with Crippen LogP contribution in [-0.4, -0.2) is 24.5 Å². The van der Waals surface area contributed by atoms with E-state index in [1.54, 1.807) is 18.0 Å². The van der Waals surface area contributed by atoms with Gasteiger partial charge in [0.25, 0.3) is 0 Å². The summed E-state index contributed by atoms with van der Waals surface area (Å²) < 4.78 is 0. The third kappa shape index (κ3) is 5.07. The molecule has 22 heavy (non-hydrogen) atoms. The number of carbonyl (C=O) groups excluding carboxylic acids is 1. The first-order chi connectivity index (χ1) is 10.7. The fourth-order valence-corrected chi connectivity index (χ4v) is 3.10. The van der Waals surface area contributed by atoms with Crippen molar-refractivity contribution < 1.29 is 4.79 Å². The topological polar surface area (TPSA) is 56.1 Å². The van der Waals surface area contributed by atoms with E-state index >= 15 is 0 Å². The Morgan fingerprint density at radius 3 is 2.91 bits per heavy atom. The summed E-state index contributed by atoms with van der Waals surface area (Å²) in [6, 6.07) is 9.45. The van der Waals surface area contributed by atoms with Gasteiger partial charge < -0.3 is 10.2 Å². The molecule has 1 aliphatic rings. The molecule has 0 aliphatic heterocycles. The predicted octanol–water partition coefficient (Wildman–Crippen LogP) is 3.67. The van der Waals surface area contributed by atoms with E-state index in [1.807, 2.05) is 18.2 Å². The molecule has 118 valence electrons. The molecule has 4 nitrogen and oxygen atoms in total. The normalized spacial score (nSPS) is 14.5. The highest BCUT2D eigenvalue weighted by atomic mass is 16.2. The van der Waals surface area contributed by atoms with E-state index in [4.69, 9.17) is 5.26 Å². The zero-order chi connectivity index (χ0) is 15.8. The van der Waals surface area contributed by atoms with E-state index in [0.717, 1.165) is 24.4 Å². The lowest BCUT2D eigenvalue weighted by molar-refractivity contribution is 0.206. The molecule has 0 radical (unpaired) electrons. The summed E-state index contributed by atoms with van der Waals surface area (Å²) in [5, 5.41) is 11.9. The molecule has 1 N–H and O–H groups in total. The minimum Gasteiger partial charge on any atom is -0.338 e. The third-order valence-corrected chi connectivity index (χ3v) is 4.36. The number of benzene rings is 1. The molecule has 0 unspecified atom stereocenters. The zero-order valence-corrected chi connectivity index (χ0v) is 13.3. The maximum Gasteiger partial charge on any atom is 0.317 e. The molecule has 0 heterocycles. The van der Waals surface area contributed by atoms with Crippen LogP contribution in [0.2, 0.25) is 0 Å². The molecule has 1 saturated carbocycles. The monoisotopic (exact) mass is 299 g/mol. The number of nitriles is 1. The van der Waals surface area contributed by atoms with Crippen LogP contribution in [0.1, 0.15) is 49.7 Å². The molecule has 0 spiro atoms. The fourth-order valence-electron chi connectivity index (χ4n) is 3.10. The SMILES string of the molecule is CN(Cc1cccc(C#N)c1)C(=O)NCCCC1CCCC1. The molecule has 0 saturated heterocycles. The molecule has 4 heteroatoms. The molecular formula is C18H25N3O. The number of nitrogens with one attached hydrogen (secondary N) is 1. The standard InChI is InChI=1S/C18H25N3O/c1-21(14-17-9-4-8-16(12-17)13-19)18(22)20-11-5-10-15-6-2-3-7-15/h4,8-9,12,15H,2-3,5-7,10-11,14H2,1H3,(H,20,22). The lowest BCUT2D eigenvalue weighted by Gasteiger charge is -2.18. The Labute approximate surface area is 133 Å². The van der Waals surface area contributed by atoms with Crippen molar-refractivity contribution in [2.45, 2.75) is 45.1 Å². The van der Waals surface area contributed by atoms with Gasteiger partial charge in [-0.2, -0.15) is 5.26 Å². The van der Waals surface area contributed by atoms with Gasteiger partial charge in [-0.15, -0.1) is 0 Å². The van der Waals surface area contributed by atoms with Crippen LogP contribution < -0.4 is 5.32 Å². The van der Waals surface area contributed by atoms with E-state index in [-0.39, 0.29) is 6.03 Å². The second-order valence-corrected chi connectivity index (χ2v) is 6.19. The first kappa shape index (κ1) is 16.4. The highest BCUT2D eigenvalue weighted by Crippen LogP contribution is 2.28. The van der Waals surface area contributed by atoms with Crippen molar-refractivity contribution in [1.82, 2.24) is 10.2 Å². The van der Waals surface area contributed by atoms with Crippen LogP contribution in [0, 0.1) is 17.2 Å². The second kappa shape index (κ2) is 8.43. The summed E-state index contributed by atoms with van der Waals surface area (Å²) in [4.78, 5) is 13.7. The van der Waals surface area contributed by atoms with E-state index in [0.29, 0.717) is 12.1 Å². The van der Waals surface area contributed by atoms with Gasteiger partial charge in [-0.05, 0) is 36.5 Å². The van der Waals surface area contributed by atoms with Crippen LogP contribution in [0.4, 0.5) is 4.79 Å². The van der Waals surface area contributed by atoms with E-state index in [2.05, 4.69) is 11.4 Å². The Morgan fingerprint density at radius 2 is 2.18 bits per heavy atom. The lowest BCUT2D eigenvalue weighted by Crippen LogP contribution is -2.37. The van der Waals surface area contributed by atoms with Crippen molar-refractivity contribution >= 4 is 6.03 Å². The Kier molecular flexibility index (Phi) is 6.27. The van der Waals surface area contributed by atoms with Crippen molar-refractivity contribution in [1.29, 1.82) is 5.26 Å². The van der Waals surface area contributed by atoms with Crippen LogP contribution in [-0.2, 0) is 6.54 Å². The molecule has 0 bridgehead atoms. The Morgan fingerprint density at radius 1 is 1.41 bits per heavy atom. The van der Waals surface area contributed by atoms with Crippen LogP contribution >= 0.6 is 0 Å². The molecule has 1 aliphatic carbocycles. The first-order valence-electron chi connectivity index (χ1n) is 8.17. The maximum absolute atomic E-state index is 12.0. The van der Waals surface area contributed by atoms with Crippen molar-refractivity contribution in [2.75, 3.05) is 13.6 Å². The minimum absolute atomic E-state index is 0.0474. The summed E-state index contributed by atoms with van der Waals surface area (Å²) in [6.45, 7) is 1.27. The van der Waals surface area contributed by atoms with Gasteiger partial charge in [-0.3, -0.25) is 0 Å². The smallest absolute Gasteiger partial charge is 0.317 e. The van der Waals surface area contributed by atoms with Gasteiger partial charge in [-0.25, -0.2) is 4.79 Å². The summed E-state index contributed by atoms with van der Waals surface area (Å²) in [7, 11) is 1.78. The van der Waals surface area contributed by atoms with Gasteiger partial charge in [0, 0.05) is 20.1 Å². The quantitative estimate of drug-likeness (QED) is 0.815.